The second-order valence-corrected chi connectivity index (χ2v) is 7.97. The van der Waals surface area contributed by atoms with Crippen molar-refractivity contribution in [3.05, 3.63) is 58.1 Å². The summed E-state index contributed by atoms with van der Waals surface area (Å²) in [5.74, 6) is 0.344. The van der Waals surface area contributed by atoms with Gasteiger partial charge in [0.15, 0.2) is 0 Å². The van der Waals surface area contributed by atoms with E-state index in [1.807, 2.05) is 38.1 Å². The van der Waals surface area contributed by atoms with E-state index in [1.165, 1.54) is 11.4 Å². The Morgan fingerprint density at radius 3 is 2.48 bits per heavy atom. The first-order valence-corrected chi connectivity index (χ1v) is 9.51. The van der Waals surface area contributed by atoms with Gasteiger partial charge in [0.1, 0.15) is 10.6 Å². The standard InChI is InChI=1S/C17H20BrNO3S/c1-4-19(12-14-8-6-5-7-13(14)2)23(20,21)17-11-15(18)9-10-16(17)22-3/h5-11H,4,12H2,1-3H3. The van der Waals surface area contributed by atoms with Crippen LogP contribution in [0.1, 0.15) is 18.1 Å². The Balaban J connectivity index is 2.44. The third-order valence-corrected chi connectivity index (χ3v) is 6.14. The maximum absolute atomic E-state index is 13.0. The second kappa shape index (κ2) is 7.47. The lowest BCUT2D eigenvalue weighted by Gasteiger charge is -2.22. The van der Waals surface area contributed by atoms with Crippen LogP contribution in [0, 0.1) is 6.92 Å². The number of ether oxygens (including phenoxy) is 1. The van der Waals surface area contributed by atoms with E-state index < -0.39 is 10.0 Å². The second-order valence-electron chi connectivity index (χ2n) is 5.15. The van der Waals surface area contributed by atoms with Crippen LogP contribution in [0.25, 0.3) is 0 Å². The summed E-state index contributed by atoms with van der Waals surface area (Å²) in [6.45, 7) is 4.53. The molecule has 0 fully saturated rings. The molecule has 0 unspecified atom stereocenters. The minimum absolute atomic E-state index is 0.171. The molecule has 0 aliphatic rings. The highest BCUT2D eigenvalue weighted by Gasteiger charge is 2.27. The van der Waals surface area contributed by atoms with Crippen molar-refractivity contribution in [2.24, 2.45) is 0 Å². The van der Waals surface area contributed by atoms with Crippen LogP contribution in [-0.4, -0.2) is 26.4 Å². The van der Waals surface area contributed by atoms with E-state index in [0.717, 1.165) is 11.1 Å². The van der Waals surface area contributed by atoms with E-state index in [1.54, 1.807) is 18.2 Å². The van der Waals surface area contributed by atoms with Crippen molar-refractivity contribution >= 4 is 26.0 Å². The summed E-state index contributed by atoms with van der Waals surface area (Å²) in [6, 6.07) is 12.8. The Morgan fingerprint density at radius 2 is 1.87 bits per heavy atom. The normalized spacial score (nSPS) is 11.7. The van der Waals surface area contributed by atoms with Crippen LogP contribution in [0.15, 0.2) is 51.8 Å². The average Bonchev–Trinajstić information content (AvgIpc) is 2.53. The van der Waals surface area contributed by atoms with Gasteiger partial charge in [-0.25, -0.2) is 8.42 Å². The number of hydrogen-bond donors (Lipinski definition) is 0. The molecular weight excluding hydrogens is 378 g/mol. The average molecular weight is 398 g/mol. The van der Waals surface area contributed by atoms with Crippen LogP contribution in [-0.2, 0) is 16.6 Å². The molecule has 23 heavy (non-hydrogen) atoms. The molecule has 2 aromatic carbocycles. The molecule has 0 aromatic heterocycles. The molecule has 2 rings (SSSR count). The van der Waals surface area contributed by atoms with Crippen molar-refractivity contribution in [3.8, 4) is 5.75 Å². The number of benzene rings is 2. The SMILES string of the molecule is CCN(Cc1ccccc1C)S(=O)(=O)c1cc(Br)ccc1OC. The van der Waals surface area contributed by atoms with Crippen LogP contribution < -0.4 is 4.74 Å². The van der Waals surface area contributed by atoms with E-state index >= 15 is 0 Å². The number of nitrogens with zero attached hydrogens (tertiary/aromatic N) is 1. The molecule has 0 atom stereocenters. The van der Waals surface area contributed by atoms with Gasteiger partial charge >= 0.3 is 0 Å². The molecule has 0 bridgehead atoms. The first-order valence-electron chi connectivity index (χ1n) is 7.28. The molecular formula is C17H20BrNO3S. The van der Waals surface area contributed by atoms with E-state index in [9.17, 15) is 8.42 Å². The molecule has 2 aromatic rings. The number of methoxy groups -OCH3 is 1. The van der Waals surface area contributed by atoms with Gasteiger partial charge in [-0.3, -0.25) is 0 Å². The summed E-state index contributed by atoms with van der Waals surface area (Å²) in [5.41, 5.74) is 2.06. The predicted octanol–water partition coefficient (Wildman–Crippen LogP) is 3.98. The Hall–Kier alpha value is -1.37. The lowest BCUT2D eigenvalue weighted by molar-refractivity contribution is 0.391. The monoisotopic (exact) mass is 397 g/mol. The molecule has 0 saturated carbocycles. The molecule has 0 aliphatic heterocycles. The summed E-state index contributed by atoms with van der Waals surface area (Å²) < 4.78 is 33.5. The predicted molar refractivity (Wildman–Crippen MR) is 95.1 cm³/mol. The maximum atomic E-state index is 13.0. The fraction of sp³-hybridized carbons (Fsp3) is 0.294. The topological polar surface area (TPSA) is 46.6 Å². The first kappa shape index (κ1) is 18.0. The molecule has 124 valence electrons. The lowest BCUT2D eigenvalue weighted by atomic mass is 10.1. The first-order chi connectivity index (χ1) is 10.9. The third kappa shape index (κ3) is 3.94. The maximum Gasteiger partial charge on any atom is 0.247 e. The quantitative estimate of drug-likeness (QED) is 0.740. The number of hydrogen-bond acceptors (Lipinski definition) is 3. The highest BCUT2D eigenvalue weighted by atomic mass is 79.9. The van der Waals surface area contributed by atoms with Gasteiger partial charge in [0, 0.05) is 17.6 Å². The van der Waals surface area contributed by atoms with Gasteiger partial charge in [0.2, 0.25) is 10.0 Å². The fourth-order valence-electron chi connectivity index (χ4n) is 2.34. The van der Waals surface area contributed by atoms with Crippen LogP contribution >= 0.6 is 15.9 Å². The summed E-state index contributed by atoms with van der Waals surface area (Å²) >= 11 is 3.33. The molecule has 0 aliphatic carbocycles. The summed E-state index contributed by atoms with van der Waals surface area (Å²) in [5, 5.41) is 0. The van der Waals surface area contributed by atoms with E-state index in [-0.39, 0.29) is 4.90 Å². The fourth-order valence-corrected chi connectivity index (χ4v) is 4.46. The van der Waals surface area contributed by atoms with Gasteiger partial charge in [-0.1, -0.05) is 47.1 Å². The highest BCUT2D eigenvalue weighted by Crippen LogP contribution is 2.30. The number of sulfonamides is 1. The Labute approximate surface area is 146 Å². The van der Waals surface area contributed by atoms with Crippen molar-refractivity contribution in [2.75, 3.05) is 13.7 Å². The van der Waals surface area contributed by atoms with E-state index in [4.69, 9.17) is 4.74 Å². The highest BCUT2D eigenvalue weighted by molar-refractivity contribution is 9.10. The lowest BCUT2D eigenvalue weighted by Crippen LogP contribution is -2.31. The summed E-state index contributed by atoms with van der Waals surface area (Å²) in [4.78, 5) is 0.171. The zero-order chi connectivity index (χ0) is 17.0. The Bertz CT molecular complexity index is 790. The van der Waals surface area contributed by atoms with Gasteiger partial charge in [0.05, 0.1) is 7.11 Å². The van der Waals surface area contributed by atoms with Gasteiger partial charge in [-0.15, -0.1) is 0 Å². The van der Waals surface area contributed by atoms with Crippen molar-refractivity contribution in [1.82, 2.24) is 4.31 Å². The number of halogens is 1. The molecule has 0 heterocycles. The molecule has 4 nitrogen and oxygen atoms in total. The molecule has 0 amide bonds. The van der Waals surface area contributed by atoms with E-state index in [2.05, 4.69) is 15.9 Å². The zero-order valence-electron chi connectivity index (χ0n) is 13.4. The van der Waals surface area contributed by atoms with E-state index in [0.29, 0.717) is 23.3 Å². The van der Waals surface area contributed by atoms with Gasteiger partial charge in [-0.2, -0.15) is 4.31 Å². The van der Waals surface area contributed by atoms with Crippen molar-refractivity contribution in [2.45, 2.75) is 25.3 Å². The summed E-state index contributed by atoms with van der Waals surface area (Å²) in [6.07, 6.45) is 0. The van der Waals surface area contributed by atoms with Crippen molar-refractivity contribution in [1.29, 1.82) is 0 Å². The summed E-state index contributed by atoms with van der Waals surface area (Å²) in [7, 11) is -2.18. The van der Waals surface area contributed by atoms with Crippen LogP contribution in [0.3, 0.4) is 0 Å². The van der Waals surface area contributed by atoms with Gasteiger partial charge < -0.3 is 4.74 Å². The molecule has 0 saturated heterocycles. The molecule has 6 heteroatoms. The Morgan fingerprint density at radius 1 is 1.17 bits per heavy atom. The zero-order valence-corrected chi connectivity index (χ0v) is 15.8. The smallest absolute Gasteiger partial charge is 0.247 e. The number of aryl methyl sites for hydroxylation is 1. The third-order valence-electron chi connectivity index (χ3n) is 3.70. The molecule has 0 spiro atoms. The van der Waals surface area contributed by atoms with Crippen molar-refractivity contribution in [3.63, 3.8) is 0 Å². The van der Waals surface area contributed by atoms with Gasteiger partial charge in [0.25, 0.3) is 0 Å². The molecule has 0 radical (unpaired) electrons. The Kier molecular flexibility index (Phi) is 5.84. The molecule has 0 N–H and O–H groups in total. The van der Waals surface area contributed by atoms with Crippen molar-refractivity contribution < 1.29 is 13.2 Å². The van der Waals surface area contributed by atoms with Crippen LogP contribution in [0.4, 0.5) is 0 Å². The minimum Gasteiger partial charge on any atom is -0.495 e. The number of rotatable bonds is 6. The van der Waals surface area contributed by atoms with Gasteiger partial charge in [-0.05, 0) is 36.2 Å². The largest absolute Gasteiger partial charge is 0.495 e. The van der Waals surface area contributed by atoms with Crippen LogP contribution in [0.2, 0.25) is 0 Å². The minimum atomic E-state index is -3.65. The van der Waals surface area contributed by atoms with Crippen LogP contribution in [0.5, 0.6) is 5.75 Å².